The van der Waals surface area contributed by atoms with E-state index in [1.807, 2.05) is 0 Å². The van der Waals surface area contributed by atoms with E-state index in [2.05, 4.69) is 4.84 Å². The molecule has 0 atom stereocenters. The zero-order valence-electron chi connectivity index (χ0n) is 9.29. The molecule has 0 amide bonds. The lowest BCUT2D eigenvalue weighted by Gasteiger charge is -2.15. The Morgan fingerprint density at radius 2 is 1.78 bits per heavy atom. The molecule has 10 heteroatoms. The van der Waals surface area contributed by atoms with Crippen LogP contribution in [0.1, 0.15) is 0 Å². The largest absolute Gasteiger partial charge is 0.288 e. The number of nitrogens with zero attached hydrogens (tertiary/aromatic N) is 1. The number of hydrogen-bond donors (Lipinski definition) is 0. The third-order valence-corrected chi connectivity index (χ3v) is 5.57. The van der Waals surface area contributed by atoms with Crippen LogP contribution in [0, 0.1) is 0 Å². The maximum absolute atomic E-state index is 11.9. The molecule has 0 heterocycles. The van der Waals surface area contributed by atoms with Crippen LogP contribution in [0.2, 0.25) is 5.02 Å². The Morgan fingerprint density at radius 3 is 2.22 bits per heavy atom. The number of hydroxylamine groups is 1. The molecule has 6 nitrogen and oxygen atoms in total. The summed E-state index contributed by atoms with van der Waals surface area (Å²) < 4.78 is 46.7. The van der Waals surface area contributed by atoms with Crippen molar-refractivity contribution in [2.75, 3.05) is 14.2 Å². The summed E-state index contributed by atoms with van der Waals surface area (Å²) in [6.07, 6.45) is 0. The van der Waals surface area contributed by atoms with Crippen molar-refractivity contribution in [3.05, 3.63) is 23.2 Å². The second-order valence-corrected chi connectivity index (χ2v) is 8.00. The summed E-state index contributed by atoms with van der Waals surface area (Å²) in [7, 11) is -0.663. The molecule has 0 bridgehead atoms. The maximum atomic E-state index is 11.9. The molecule has 0 N–H and O–H groups in total. The van der Waals surface area contributed by atoms with Crippen molar-refractivity contribution in [3.8, 4) is 0 Å². The first kappa shape index (κ1) is 15.7. The molecule has 0 saturated carbocycles. The van der Waals surface area contributed by atoms with Gasteiger partial charge >= 0.3 is 0 Å². The number of hydrogen-bond acceptors (Lipinski definition) is 5. The van der Waals surface area contributed by atoms with Gasteiger partial charge in [0.25, 0.3) is 19.1 Å². The Kier molecular flexibility index (Phi) is 4.63. The van der Waals surface area contributed by atoms with Gasteiger partial charge in [0.1, 0.15) is 4.90 Å². The fraction of sp³-hybridized carbons (Fsp3) is 0.250. The van der Waals surface area contributed by atoms with Crippen LogP contribution in [-0.4, -0.2) is 35.5 Å². The summed E-state index contributed by atoms with van der Waals surface area (Å²) in [6.45, 7) is 0. The highest BCUT2D eigenvalue weighted by Gasteiger charge is 2.26. The van der Waals surface area contributed by atoms with Gasteiger partial charge in [-0.15, -0.1) is 0 Å². The minimum Gasteiger partial charge on any atom is -0.288 e. The summed E-state index contributed by atoms with van der Waals surface area (Å²) in [6, 6.07) is 3.11. The van der Waals surface area contributed by atoms with Gasteiger partial charge in [-0.05, 0) is 18.2 Å². The molecule has 0 aliphatic heterocycles. The molecule has 18 heavy (non-hydrogen) atoms. The lowest BCUT2D eigenvalue weighted by molar-refractivity contribution is -0.0258. The summed E-state index contributed by atoms with van der Waals surface area (Å²) in [5, 5.41) is -0.136. The summed E-state index contributed by atoms with van der Waals surface area (Å²) in [4.78, 5) is 3.78. The smallest absolute Gasteiger partial charge is 0.266 e. The van der Waals surface area contributed by atoms with E-state index in [0.717, 1.165) is 32.4 Å². The van der Waals surface area contributed by atoms with Crippen LogP contribution >= 0.6 is 22.3 Å². The first-order valence-electron chi connectivity index (χ1n) is 4.38. The predicted molar refractivity (Wildman–Crippen MR) is 66.4 cm³/mol. The van der Waals surface area contributed by atoms with Gasteiger partial charge in [-0.1, -0.05) is 16.1 Å². The highest BCUT2D eigenvalue weighted by molar-refractivity contribution is 8.13. The Balaban J connectivity index is 3.52. The standard InChI is InChI=1S/C8H9Cl2NO5S2/c1-11(16-2)18(14,15)8-5-6(17(10,12)13)3-4-7(8)9/h3-5H,1-2H3. The molecule has 1 rings (SSSR count). The number of rotatable bonds is 4. The van der Waals surface area contributed by atoms with Crippen LogP contribution in [0.5, 0.6) is 0 Å². The van der Waals surface area contributed by atoms with Gasteiger partial charge in [-0.3, -0.25) is 4.84 Å². The van der Waals surface area contributed by atoms with E-state index < -0.39 is 24.0 Å². The van der Waals surface area contributed by atoms with Gasteiger partial charge in [0.05, 0.1) is 17.0 Å². The zero-order valence-corrected chi connectivity index (χ0v) is 12.4. The summed E-state index contributed by atoms with van der Waals surface area (Å²) in [5.41, 5.74) is 0. The molecule has 1 aromatic carbocycles. The first-order valence-corrected chi connectivity index (χ1v) is 8.50. The van der Waals surface area contributed by atoms with E-state index in [4.69, 9.17) is 22.3 Å². The third-order valence-electron chi connectivity index (χ3n) is 2.06. The molecule has 102 valence electrons. The van der Waals surface area contributed by atoms with Crippen molar-refractivity contribution >= 4 is 41.4 Å². The minimum absolute atomic E-state index is 0.136. The topological polar surface area (TPSA) is 80.8 Å². The van der Waals surface area contributed by atoms with E-state index >= 15 is 0 Å². The molecular weight excluding hydrogens is 325 g/mol. The molecule has 0 spiro atoms. The number of benzene rings is 1. The van der Waals surface area contributed by atoms with Crippen molar-refractivity contribution < 1.29 is 21.7 Å². The second-order valence-electron chi connectivity index (χ2n) is 3.13. The Labute approximate surface area is 114 Å². The van der Waals surface area contributed by atoms with Crippen LogP contribution in [0.3, 0.4) is 0 Å². The van der Waals surface area contributed by atoms with Crippen molar-refractivity contribution in [1.29, 1.82) is 0 Å². The van der Waals surface area contributed by atoms with Crippen molar-refractivity contribution in [2.24, 2.45) is 0 Å². The monoisotopic (exact) mass is 333 g/mol. The normalized spacial score (nSPS) is 12.9. The van der Waals surface area contributed by atoms with Gasteiger partial charge in [-0.2, -0.15) is 0 Å². The second kappa shape index (κ2) is 5.32. The first-order chi connectivity index (χ1) is 8.10. The molecule has 1 aromatic rings. The van der Waals surface area contributed by atoms with E-state index in [0.29, 0.717) is 4.47 Å². The van der Waals surface area contributed by atoms with Crippen molar-refractivity contribution in [1.82, 2.24) is 4.47 Å². The highest BCUT2D eigenvalue weighted by atomic mass is 35.7. The summed E-state index contributed by atoms with van der Waals surface area (Å²) >= 11 is 5.73. The molecule has 0 radical (unpaired) electrons. The summed E-state index contributed by atoms with van der Waals surface area (Å²) in [5.74, 6) is 0. The molecule has 0 aliphatic carbocycles. The van der Waals surface area contributed by atoms with Gasteiger partial charge in [0.15, 0.2) is 0 Å². The Morgan fingerprint density at radius 1 is 1.22 bits per heavy atom. The molecule has 0 saturated heterocycles. The molecular formula is C8H9Cl2NO5S2. The quantitative estimate of drug-likeness (QED) is 0.615. The fourth-order valence-corrected chi connectivity index (χ4v) is 3.40. The van der Waals surface area contributed by atoms with Crippen LogP contribution in [0.25, 0.3) is 0 Å². The fourth-order valence-electron chi connectivity index (χ4n) is 1.07. The van der Waals surface area contributed by atoms with Gasteiger partial charge in [0.2, 0.25) is 0 Å². The van der Waals surface area contributed by atoms with E-state index in [1.165, 1.54) is 0 Å². The SMILES string of the molecule is CON(C)S(=O)(=O)c1cc(S(=O)(=O)Cl)ccc1Cl. The van der Waals surface area contributed by atoms with Crippen LogP contribution < -0.4 is 0 Å². The van der Waals surface area contributed by atoms with Crippen LogP contribution in [-0.2, 0) is 23.9 Å². The Hall–Kier alpha value is -0.380. The van der Waals surface area contributed by atoms with E-state index in [1.54, 1.807) is 0 Å². The van der Waals surface area contributed by atoms with Gasteiger partial charge < -0.3 is 0 Å². The average Bonchev–Trinajstić information content (AvgIpc) is 2.26. The van der Waals surface area contributed by atoms with Gasteiger partial charge in [-0.25, -0.2) is 16.8 Å². The van der Waals surface area contributed by atoms with Crippen molar-refractivity contribution in [2.45, 2.75) is 9.79 Å². The number of halogens is 2. The van der Waals surface area contributed by atoms with Crippen LogP contribution in [0.15, 0.2) is 28.0 Å². The lowest BCUT2D eigenvalue weighted by Crippen LogP contribution is -2.26. The average molecular weight is 334 g/mol. The lowest BCUT2D eigenvalue weighted by atomic mass is 10.4. The molecule has 0 aliphatic rings. The maximum Gasteiger partial charge on any atom is 0.266 e. The van der Waals surface area contributed by atoms with Gasteiger partial charge in [0, 0.05) is 17.7 Å². The minimum atomic E-state index is -4.05. The Bertz CT molecular complexity index is 656. The zero-order chi connectivity index (χ0) is 14.1. The highest BCUT2D eigenvalue weighted by Crippen LogP contribution is 2.28. The predicted octanol–water partition coefficient (Wildman–Crippen LogP) is 1.45. The van der Waals surface area contributed by atoms with Crippen LogP contribution in [0.4, 0.5) is 0 Å². The molecule has 0 fully saturated rings. The molecule has 0 unspecified atom stereocenters. The molecule has 0 aromatic heterocycles. The third kappa shape index (κ3) is 3.14. The van der Waals surface area contributed by atoms with Crippen molar-refractivity contribution in [3.63, 3.8) is 0 Å². The van der Waals surface area contributed by atoms with E-state index in [-0.39, 0.29) is 9.92 Å². The van der Waals surface area contributed by atoms with E-state index in [9.17, 15) is 16.8 Å². The number of sulfonamides is 1.